The van der Waals surface area contributed by atoms with Crippen molar-refractivity contribution in [2.75, 3.05) is 18.0 Å². The van der Waals surface area contributed by atoms with Gasteiger partial charge in [0, 0.05) is 25.0 Å². The van der Waals surface area contributed by atoms with E-state index in [1.54, 1.807) is 11.3 Å². The number of hydrogen-bond acceptors (Lipinski definition) is 4. The number of carbonyl (C=O) groups is 1. The molecule has 4 nitrogen and oxygen atoms in total. The molecule has 2 fully saturated rings. The molecular formula is C18H23N3OS. The number of fused-ring (bicyclic) bond motifs is 1. The van der Waals surface area contributed by atoms with Crippen molar-refractivity contribution < 1.29 is 4.79 Å². The molecule has 0 radical (unpaired) electrons. The van der Waals surface area contributed by atoms with Crippen LogP contribution in [0.25, 0.3) is 10.2 Å². The number of nitrogens with one attached hydrogen (secondary N) is 1. The smallest absolute Gasteiger partial charge is 0.223 e. The molecule has 0 bridgehead atoms. The predicted molar refractivity (Wildman–Crippen MR) is 95.2 cm³/mol. The first-order valence-corrected chi connectivity index (χ1v) is 9.35. The minimum atomic E-state index is 0.185. The van der Waals surface area contributed by atoms with E-state index in [-0.39, 0.29) is 11.8 Å². The summed E-state index contributed by atoms with van der Waals surface area (Å²) < 4.78 is 1.30. The van der Waals surface area contributed by atoms with Crippen molar-refractivity contribution in [1.29, 1.82) is 0 Å². The second-order valence-electron chi connectivity index (χ2n) is 6.92. The van der Waals surface area contributed by atoms with Gasteiger partial charge >= 0.3 is 0 Å². The zero-order valence-corrected chi connectivity index (χ0v) is 14.6. The zero-order valence-electron chi connectivity index (χ0n) is 13.8. The van der Waals surface area contributed by atoms with Crippen molar-refractivity contribution in [3.8, 4) is 0 Å². The van der Waals surface area contributed by atoms with Gasteiger partial charge in [0.05, 0.1) is 10.2 Å². The third-order valence-corrected chi connectivity index (χ3v) is 6.24. The number of rotatable bonds is 3. The van der Waals surface area contributed by atoms with E-state index < -0.39 is 0 Å². The maximum Gasteiger partial charge on any atom is 0.223 e. The van der Waals surface area contributed by atoms with E-state index in [1.807, 2.05) is 0 Å². The highest BCUT2D eigenvalue weighted by Gasteiger charge is 2.30. The minimum absolute atomic E-state index is 0.185. The van der Waals surface area contributed by atoms with Crippen molar-refractivity contribution >= 4 is 32.6 Å². The first-order chi connectivity index (χ1) is 11.1. The third-order valence-electron chi connectivity index (χ3n) is 4.99. The first kappa shape index (κ1) is 14.9. The topological polar surface area (TPSA) is 45.2 Å². The molecule has 23 heavy (non-hydrogen) atoms. The largest absolute Gasteiger partial charge is 0.353 e. The van der Waals surface area contributed by atoms with E-state index >= 15 is 0 Å². The van der Waals surface area contributed by atoms with Gasteiger partial charge in [0.25, 0.3) is 0 Å². The van der Waals surface area contributed by atoms with Crippen LogP contribution in [0.5, 0.6) is 0 Å². The summed E-state index contributed by atoms with van der Waals surface area (Å²) in [5.41, 5.74) is 3.68. The van der Waals surface area contributed by atoms with Gasteiger partial charge in [-0.25, -0.2) is 4.98 Å². The summed E-state index contributed by atoms with van der Waals surface area (Å²) in [4.78, 5) is 19.4. The Balaban J connectivity index is 1.46. The molecule has 1 aromatic heterocycles. The molecule has 0 spiro atoms. The van der Waals surface area contributed by atoms with Crippen LogP contribution in [-0.4, -0.2) is 30.0 Å². The number of aryl methyl sites for hydroxylation is 2. The molecule has 2 aromatic rings. The molecule has 1 N–H and O–H groups in total. The maximum absolute atomic E-state index is 12.2. The van der Waals surface area contributed by atoms with E-state index in [0.29, 0.717) is 6.04 Å². The Labute approximate surface area is 140 Å². The highest BCUT2D eigenvalue weighted by Crippen LogP contribution is 2.34. The second kappa shape index (κ2) is 5.78. The number of anilines is 1. The molecule has 1 amide bonds. The fraction of sp³-hybridized carbons (Fsp3) is 0.556. The van der Waals surface area contributed by atoms with Crippen LogP contribution in [0.3, 0.4) is 0 Å². The fourth-order valence-electron chi connectivity index (χ4n) is 3.26. The van der Waals surface area contributed by atoms with Gasteiger partial charge < -0.3 is 10.2 Å². The van der Waals surface area contributed by atoms with Crippen LogP contribution in [0, 0.1) is 19.8 Å². The van der Waals surface area contributed by atoms with Crippen molar-refractivity contribution in [1.82, 2.24) is 10.3 Å². The van der Waals surface area contributed by atoms with E-state index in [1.165, 1.54) is 15.8 Å². The Morgan fingerprint density at radius 1 is 1.17 bits per heavy atom. The maximum atomic E-state index is 12.2. The van der Waals surface area contributed by atoms with Gasteiger partial charge in [0.2, 0.25) is 5.91 Å². The van der Waals surface area contributed by atoms with Crippen molar-refractivity contribution in [3.63, 3.8) is 0 Å². The lowest BCUT2D eigenvalue weighted by atomic mass is 9.96. The molecular weight excluding hydrogens is 306 g/mol. The molecule has 1 saturated heterocycles. The number of nitrogens with zero attached hydrogens (tertiary/aromatic N) is 2. The molecule has 1 aromatic carbocycles. The summed E-state index contributed by atoms with van der Waals surface area (Å²) in [5, 5.41) is 4.25. The second-order valence-corrected chi connectivity index (χ2v) is 7.90. The Morgan fingerprint density at radius 3 is 2.52 bits per heavy atom. The Hall–Kier alpha value is -1.62. The zero-order chi connectivity index (χ0) is 16.0. The van der Waals surface area contributed by atoms with Crippen molar-refractivity contribution in [2.24, 2.45) is 5.92 Å². The number of carbonyl (C=O) groups excluding carboxylic acids is 1. The first-order valence-electron chi connectivity index (χ1n) is 8.54. The van der Waals surface area contributed by atoms with E-state index in [9.17, 15) is 4.79 Å². The van der Waals surface area contributed by atoms with Gasteiger partial charge in [-0.1, -0.05) is 23.5 Å². The number of thiazole rings is 1. The number of piperidine rings is 1. The molecule has 1 saturated carbocycles. The van der Waals surface area contributed by atoms with Crippen LogP contribution in [0.2, 0.25) is 0 Å². The van der Waals surface area contributed by atoms with Gasteiger partial charge in [0.1, 0.15) is 0 Å². The van der Waals surface area contributed by atoms with Gasteiger partial charge in [-0.15, -0.1) is 0 Å². The fourth-order valence-corrected chi connectivity index (χ4v) is 4.43. The highest BCUT2D eigenvalue weighted by molar-refractivity contribution is 7.22. The number of benzene rings is 1. The average molecular weight is 329 g/mol. The molecule has 1 aliphatic carbocycles. The van der Waals surface area contributed by atoms with Crippen LogP contribution in [-0.2, 0) is 4.79 Å². The molecule has 1 aliphatic heterocycles. The van der Waals surface area contributed by atoms with E-state index in [0.717, 1.165) is 49.4 Å². The molecule has 0 unspecified atom stereocenters. The number of hydrogen-bond donors (Lipinski definition) is 1. The highest BCUT2D eigenvalue weighted by atomic mass is 32.1. The minimum Gasteiger partial charge on any atom is -0.353 e. The van der Waals surface area contributed by atoms with Gasteiger partial charge in [-0.05, 0) is 50.7 Å². The van der Waals surface area contributed by atoms with Crippen LogP contribution in [0.4, 0.5) is 5.13 Å². The monoisotopic (exact) mass is 329 g/mol. The quantitative estimate of drug-likeness (QED) is 0.938. The summed E-state index contributed by atoms with van der Waals surface area (Å²) in [6, 6.07) is 4.79. The lowest BCUT2D eigenvalue weighted by Crippen LogP contribution is -2.41. The predicted octanol–water partition coefficient (Wildman–Crippen LogP) is 3.41. The SMILES string of the molecule is Cc1ccc(C)c2sc(N3CCC(C(=O)NC4CC4)CC3)nc12. The molecule has 0 atom stereocenters. The molecule has 2 heterocycles. The lowest BCUT2D eigenvalue weighted by Gasteiger charge is -2.31. The molecule has 122 valence electrons. The van der Waals surface area contributed by atoms with Crippen LogP contribution < -0.4 is 10.2 Å². The molecule has 5 heteroatoms. The van der Waals surface area contributed by atoms with E-state index in [2.05, 4.69) is 36.2 Å². The van der Waals surface area contributed by atoms with Gasteiger partial charge in [-0.3, -0.25) is 4.79 Å². The Morgan fingerprint density at radius 2 is 1.87 bits per heavy atom. The summed E-state index contributed by atoms with van der Waals surface area (Å²) in [6.45, 7) is 6.14. The average Bonchev–Trinajstić information content (AvgIpc) is 3.25. The standard InChI is InChI=1S/C18H23N3OS/c1-11-3-4-12(2)16-15(11)20-18(23-16)21-9-7-13(8-10-21)17(22)19-14-5-6-14/h3-4,13-14H,5-10H2,1-2H3,(H,19,22). The van der Waals surface area contributed by atoms with Gasteiger partial charge in [0.15, 0.2) is 5.13 Å². The normalized spacial score (nSPS) is 19.3. The van der Waals surface area contributed by atoms with Crippen LogP contribution in [0.1, 0.15) is 36.8 Å². The lowest BCUT2D eigenvalue weighted by molar-refractivity contribution is -0.125. The Bertz CT molecular complexity index is 703. The molecule has 4 rings (SSSR count). The third kappa shape index (κ3) is 2.94. The van der Waals surface area contributed by atoms with Crippen molar-refractivity contribution in [3.05, 3.63) is 23.3 Å². The molecule has 2 aliphatic rings. The Kier molecular flexibility index (Phi) is 3.76. The summed E-state index contributed by atoms with van der Waals surface area (Å²) in [7, 11) is 0. The number of amides is 1. The van der Waals surface area contributed by atoms with E-state index in [4.69, 9.17) is 4.98 Å². The number of aromatic nitrogens is 1. The van der Waals surface area contributed by atoms with Gasteiger partial charge in [-0.2, -0.15) is 0 Å². The summed E-state index contributed by atoms with van der Waals surface area (Å²) >= 11 is 1.79. The van der Waals surface area contributed by atoms with Crippen LogP contribution in [0.15, 0.2) is 12.1 Å². The summed E-state index contributed by atoms with van der Waals surface area (Å²) in [6.07, 6.45) is 4.20. The van der Waals surface area contributed by atoms with Crippen molar-refractivity contribution in [2.45, 2.75) is 45.6 Å². The summed E-state index contributed by atoms with van der Waals surface area (Å²) in [5.74, 6) is 0.452. The van der Waals surface area contributed by atoms with Crippen LogP contribution >= 0.6 is 11.3 Å².